The van der Waals surface area contributed by atoms with Crippen molar-refractivity contribution in [2.45, 2.75) is 38.5 Å². The summed E-state index contributed by atoms with van der Waals surface area (Å²) in [5.74, 6) is -0.445. The Morgan fingerprint density at radius 2 is 1.71 bits per heavy atom. The average Bonchev–Trinajstić information content (AvgIpc) is 3.26. The van der Waals surface area contributed by atoms with Gasteiger partial charge in [-0.2, -0.15) is 0 Å². The summed E-state index contributed by atoms with van der Waals surface area (Å²) in [6, 6.07) is 14.8. The number of nitrogens with zero attached hydrogens (tertiary/aromatic N) is 3. The zero-order chi connectivity index (χ0) is 22.1. The van der Waals surface area contributed by atoms with Crippen LogP contribution in [0.25, 0.3) is 16.9 Å². The van der Waals surface area contributed by atoms with Gasteiger partial charge in [0, 0.05) is 29.8 Å². The van der Waals surface area contributed by atoms with Crippen LogP contribution in [0.4, 0.5) is 11.4 Å². The summed E-state index contributed by atoms with van der Waals surface area (Å²) in [5.41, 5.74) is 11.1. The van der Waals surface area contributed by atoms with Gasteiger partial charge >= 0.3 is 0 Å². The van der Waals surface area contributed by atoms with E-state index in [1.807, 2.05) is 54.7 Å². The number of rotatable bonds is 10. The van der Waals surface area contributed by atoms with Gasteiger partial charge in [-0.05, 0) is 43.2 Å². The number of hydroxylamine groups is 1. The van der Waals surface area contributed by atoms with Gasteiger partial charge in [0.25, 0.3) is 0 Å². The van der Waals surface area contributed by atoms with Crippen LogP contribution in [0, 0.1) is 0 Å². The Morgan fingerprint density at radius 1 is 0.968 bits per heavy atom. The highest BCUT2D eigenvalue weighted by molar-refractivity contribution is 5.91. The predicted molar refractivity (Wildman–Crippen MR) is 117 cm³/mol. The normalized spacial score (nSPS) is 10.6. The summed E-state index contributed by atoms with van der Waals surface area (Å²) >= 11 is 0. The lowest BCUT2D eigenvalue weighted by Crippen LogP contribution is -2.17. The van der Waals surface area contributed by atoms with Crippen LogP contribution in [0.5, 0.6) is 0 Å². The number of nitrogens with one attached hydrogen (secondary N) is 2. The Bertz CT molecular complexity index is 1030. The zero-order valence-electron chi connectivity index (χ0n) is 17.1. The molecule has 0 bridgehead atoms. The monoisotopic (exact) mass is 422 g/mol. The molecule has 2 aromatic carbocycles. The SMILES string of the molecule is Nc1cccc(-n2cc(-c3cccc(NC(=O)CCCCCCC(=O)NO)c3)nn2)c1. The third-order valence-electron chi connectivity index (χ3n) is 4.75. The van der Waals surface area contributed by atoms with Crippen LogP contribution in [0.15, 0.2) is 54.7 Å². The first-order valence-electron chi connectivity index (χ1n) is 10.2. The molecule has 0 aliphatic rings. The van der Waals surface area contributed by atoms with E-state index in [1.54, 1.807) is 10.2 Å². The molecule has 0 aliphatic heterocycles. The molecule has 1 heterocycles. The van der Waals surface area contributed by atoms with E-state index in [1.165, 1.54) is 0 Å². The second-order valence-corrected chi connectivity index (χ2v) is 7.22. The van der Waals surface area contributed by atoms with Gasteiger partial charge in [0.05, 0.1) is 11.9 Å². The molecular formula is C22H26N6O3. The molecule has 0 saturated carbocycles. The van der Waals surface area contributed by atoms with Crippen molar-refractivity contribution in [2.75, 3.05) is 11.1 Å². The van der Waals surface area contributed by atoms with Crippen LogP contribution in [0.1, 0.15) is 38.5 Å². The number of carbonyl (C=O) groups is 2. The van der Waals surface area contributed by atoms with Crippen molar-refractivity contribution in [2.24, 2.45) is 0 Å². The third-order valence-corrected chi connectivity index (χ3v) is 4.75. The number of aromatic nitrogens is 3. The number of nitrogen functional groups attached to an aromatic ring is 1. The lowest BCUT2D eigenvalue weighted by atomic mass is 10.1. The zero-order valence-corrected chi connectivity index (χ0v) is 17.1. The van der Waals surface area contributed by atoms with Crippen molar-refractivity contribution in [3.63, 3.8) is 0 Å². The number of nitrogens with two attached hydrogens (primary N) is 1. The average molecular weight is 422 g/mol. The lowest BCUT2D eigenvalue weighted by Gasteiger charge is -2.06. The molecule has 162 valence electrons. The first-order valence-corrected chi connectivity index (χ1v) is 10.2. The summed E-state index contributed by atoms with van der Waals surface area (Å²) in [5, 5.41) is 19.7. The number of anilines is 2. The van der Waals surface area contributed by atoms with E-state index < -0.39 is 0 Å². The van der Waals surface area contributed by atoms with Crippen LogP contribution in [0.2, 0.25) is 0 Å². The quantitative estimate of drug-likeness (QED) is 0.171. The highest BCUT2D eigenvalue weighted by Crippen LogP contribution is 2.22. The molecule has 5 N–H and O–H groups in total. The Labute approximate surface area is 180 Å². The smallest absolute Gasteiger partial charge is 0.243 e. The number of carbonyl (C=O) groups excluding carboxylic acids is 2. The van der Waals surface area contributed by atoms with Crippen molar-refractivity contribution < 1.29 is 14.8 Å². The second kappa shape index (κ2) is 10.9. The third kappa shape index (κ3) is 6.65. The fraction of sp³-hybridized carbons (Fsp3) is 0.273. The highest BCUT2D eigenvalue weighted by Gasteiger charge is 2.08. The maximum atomic E-state index is 12.2. The van der Waals surface area contributed by atoms with Gasteiger partial charge in [0.1, 0.15) is 5.69 Å². The molecule has 0 atom stereocenters. The topological polar surface area (TPSA) is 135 Å². The minimum Gasteiger partial charge on any atom is -0.399 e. The molecule has 2 amide bonds. The number of benzene rings is 2. The summed E-state index contributed by atoms with van der Waals surface area (Å²) in [6.07, 6.45) is 5.61. The van der Waals surface area contributed by atoms with Gasteiger partial charge in [0.15, 0.2) is 0 Å². The first kappa shape index (κ1) is 22.0. The van der Waals surface area contributed by atoms with Crippen LogP contribution >= 0.6 is 0 Å². The van der Waals surface area contributed by atoms with Crippen LogP contribution in [0.3, 0.4) is 0 Å². The van der Waals surface area contributed by atoms with Gasteiger partial charge in [-0.25, -0.2) is 10.2 Å². The molecule has 31 heavy (non-hydrogen) atoms. The summed E-state index contributed by atoms with van der Waals surface area (Å²) in [6.45, 7) is 0. The molecule has 0 saturated heterocycles. The van der Waals surface area contributed by atoms with E-state index in [2.05, 4.69) is 15.6 Å². The molecular weight excluding hydrogens is 396 g/mol. The Hall–Kier alpha value is -3.72. The standard InChI is InChI=1S/C22H26N6O3/c23-17-8-6-10-19(14-17)28-15-20(25-27-28)16-7-5-9-18(13-16)24-21(29)11-3-1-2-4-12-22(30)26-31/h5-10,13-15,31H,1-4,11-12,23H2,(H,24,29)(H,26,30). The lowest BCUT2D eigenvalue weighted by molar-refractivity contribution is -0.129. The molecule has 3 rings (SSSR count). The Balaban J connectivity index is 1.51. The van der Waals surface area contributed by atoms with E-state index in [-0.39, 0.29) is 18.2 Å². The molecule has 0 unspecified atom stereocenters. The summed E-state index contributed by atoms with van der Waals surface area (Å²) in [4.78, 5) is 23.1. The molecule has 1 aromatic heterocycles. The second-order valence-electron chi connectivity index (χ2n) is 7.22. The van der Waals surface area contributed by atoms with Crippen LogP contribution < -0.4 is 16.5 Å². The van der Waals surface area contributed by atoms with Crippen LogP contribution in [-0.4, -0.2) is 32.0 Å². The maximum absolute atomic E-state index is 12.2. The minimum absolute atomic E-state index is 0.0614. The number of hydrogen-bond acceptors (Lipinski definition) is 6. The van der Waals surface area contributed by atoms with Crippen molar-refractivity contribution in [3.05, 3.63) is 54.7 Å². The van der Waals surface area contributed by atoms with E-state index in [9.17, 15) is 9.59 Å². The predicted octanol–water partition coefficient (Wildman–Crippen LogP) is 3.30. The summed E-state index contributed by atoms with van der Waals surface area (Å²) in [7, 11) is 0. The van der Waals surface area contributed by atoms with Crippen molar-refractivity contribution in [1.29, 1.82) is 0 Å². The fourth-order valence-electron chi connectivity index (χ4n) is 3.15. The van der Waals surface area contributed by atoms with Crippen molar-refractivity contribution in [3.8, 4) is 16.9 Å². The molecule has 0 fully saturated rings. The molecule has 0 aliphatic carbocycles. The largest absolute Gasteiger partial charge is 0.399 e. The van der Waals surface area contributed by atoms with E-state index in [0.29, 0.717) is 29.9 Å². The molecule has 9 nitrogen and oxygen atoms in total. The molecule has 0 spiro atoms. The van der Waals surface area contributed by atoms with E-state index in [0.717, 1.165) is 30.5 Å². The molecule has 3 aromatic rings. The van der Waals surface area contributed by atoms with E-state index in [4.69, 9.17) is 10.9 Å². The molecule has 9 heteroatoms. The van der Waals surface area contributed by atoms with Crippen molar-refractivity contribution >= 4 is 23.2 Å². The number of amides is 2. The van der Waals surface area contributed by atoms with Gasteiger partial charge in [-0.15, -0.1) is 5.10 Å². The van der Waals surface area contributed by atoms with Gasteiger partial charge in [-0.1, -0.05) is 36.3 Å². The Kier molecular flexibility index (Phi) is 7.72. The fourth-order valence-corrected chi connectivity index (χ4v) is 3.15. The van der Waals surface area contributed by atoms with E-state index >= 15 is 0 Å². The van der Waals surface area contributed by atoms with Crippen molar-refractivity contribution in [1.82, 2.24) is 20.5 Å². The maximum Gasteiger partial charge on any atom is 0.243 e. The van der Waals surface area contributed by atoms with Gasteiger partial charge < -0.3 is 11.1 Å². The Morgan fingerprint density at radius 3 is 2.45 bits per heavy atom. The van der Waals surface area contributed by atoms with Gasteiger partial charge in [0.2, 0.25) is 11.8 Å². The molecule has 0 radical (unpaired) electrons. The number of unbranched alkanes of at least 4 members (excludes halogenated alkanes) is 3. The van der Waals surface area contributed by atoms with Gasteiger partial charge in [-0.3, -0.25) is 14.8 Å². The number of hydrogen-bond donors (Lipinski definition) is 4. The first-order chi connectivity index (χ1) is 15.0. The van der Waals surface area contributed by atoms with Crippen LogP contribution in [-0.2, 0) is 9.59 Å². The highest BCUT2D eigenvalue weighted by atomic mass is 16.5. The summed E-state index contributed by atoms with van der Waals surface area (Å²) < 4.78 is 1.65. The minimum atomic E-state index is -0.384.